The number of ether oxygens (including phenoxy) is 2. The van der Waals surface area contributed by atoms with Gasteiger partial charge >= 0.3 is 5.97 Å². The highest BCUT2D eigenvalue weighted by Crippen LogP contribution is 2.27. The monoisotopic (exact) mass is 450 g/mol. The first-order valence-electron chi connectivity index (χ1n) is 10.2. The Balaban J connectivity index is 1.25. The fourth-order valence-corrected chi connectivity index (χ4v) is 4.28. The maximum Gasteiger partial charge on any atom is 0.306 e. The van der Waals surface area contributed by atoms with Gasteiger partial charge in [-0.25, -0.2) is 4.98 Å². The number of esters is 1. The van der Waals surface area contributed by atoms with Crippen LogP contribution >= 0.6 is 11.3 Å². The second-order valence-electron chi connectivity index (χ2n) is 7.45. The van der Waals surface area contributed by atoms with Gasteiger partial charge in [0.2, 0.25) is 0 Å². The predicted molar refractivity (Wildman–Crippen MR) is 120 cm³/mol. The van der Waals surface area contributed by atoms with Crippen LogP contribution in [-0.4, -0.2) is 41.3 Å². The number of methoxy groups -OCH3 is 1. The van der Waals surface area contributed by atoms with Gasteiger partial charge in [-0.2, -0.15) is 0 Å². The van der Waals surface area contributed by atoms with E-state index < -0.39 is 5.97 Å². The largest absolute Gasteiger partial charge is 0.497 e. The number of thiazole rings is 1. The maximum atomic E-state index is 12.5. The SMILES string of the molecule is COc1cccc(-c2nc(COC(=O)CCCN3C(=O)c4ccc(C)cc4C3=O)cs2)c1. The fourth-order valence-electron chi connectivity index (χ4n) is 3.48. The molecule has 0 spiro atoms. The Morgan fingerprint density at radius 2 is 1.91 bits per heavy atom. The summed E-state index contributed by atoms with van der Waals surface area (Å²) in [5.41, 5.74) is 3.36. The number of aryl methyl sites for hydroxylation is 1. The molecular formula is C24H22N2O5S. The molecule has 3 aromatic rings. The molecule has 0 radical (unpaired) electrons. The van der Waals surface area contributed by atoms with E-state index in [2.05, 4.69) is 4.98 Å². The van der Waals surface area contributed by atoms with E-state index in [-0.39, 0.29) is 31.4 Å². The number of hydrogen-bond acceptors (Lipinski definition) is 7. The fraction of sp³-hybridized carbons (Fsp3) is 0.250. The number of imide groups is 1. The van der Waals surface area contributed by atoms with Crippen LogP contribution in [0.3, 0.4) is 0 Å². The second kappa shape index (κ2) is 9.32. The van der Waals surface area contributed by atoms with Gasteiger partial charge in [0.1, 0.15) is 17.4 Å². The lowest BCUT2D eigenvalue weighted by atomic mass is 10.1. The number of hydrogen-bond donors (Lipinski definition) is 0. The summed E-state index contributed by atoms with van der Waals surface area (Å²) in [5.74, 6) is -0.271. The molecular weight excluding hydrogens is 428 g/mol. The summed E-state index contributed by atoms with van der Waals surface area (Å²) in [4.78, 5) is 42.7. The molecule has 8 heteroatoms. The van der Waals surface area contributed by atoms with Crippen LogP contribution in [0.1, 0.15) is 44.8 Å². The Kier molecular flexibility index (Phi) is 6.32. The van der Waals surface area contributed by atoms with E-state index in [0.29, 0.717) is 23.2 Å². The first-order chi connectivity index (χ1) is 15.5. The van der Waals surface area contributed by atoms with Gasteiger partial charge < -0.3 is 9.47 Å². The van der Waals surface area contributed by atoms with Crippen LogP contribution in [0.5, 0.6) is 5.75 Å². The highest BCUT2D eigenvalue weighted by atomic mass is 32.1. The Hall–Kier alpha value is -3.52. The Bertz CT molecular complexity index is 1190. The normalized spacial score (nSPS) is 12.8. The maximum absolute atomic E-state index is 12.5. The van der Waals surface area contributed by atoms with Crippen molar-refractivity contribution in [2.75, 3.05) is 13.7 Å². The standard InChI is InChI=1S/C24H22N2O5S/c1-15-8-9-19-20(11-15)24(29)26(23(19)28)10-4-7-21(27)31-13-17-14-32-22(25-17)16-5-3-6-18(12-16)30-2/h3,5-6,8-9,11-12,14H,4,7,10,13H2,1-2H3. The average Bonchev–Trinajstić information content (AvgIpc) is 3.36. The van der Waals surface area contributed by atoms with E-state index in [4.69, 9.17) is 9.47 Å². The van der Waals surface area contributed by atoms with Gasteiger partial charge in [0.05, 0.1) is 23.9 Å². The number of nitrogens with zero attached hydrogens (tertiary/aromatic N) is 2. The molecule has 4 rings (SSSR count). The average molecular weight is 451 g/mol. The first-order valence-corrected chi connectivity index (χ1v) is 11.1. The van der Waals surface area contributed by atoms with E-state index in [1.165, 1.54) is 16.2 Å². The lowest BCUT2D eigenvalue weighted by molar-refractivity contribution is -0.145. The molecule has 2 heterocycles. The van der Waals surface area contributed by atoms with Crippen molar-refractivity contribution in [1.29, 1.82) is 0 Å². The lowest BCUT2D eigenvalue weighted by Gasteiger charge is -2.13. The molecule has 0 aliphatic carbocycles. The first kappa shape index (κ1) is 21.7. The molecule has 0 N–H and O–H groups in total. The second-order valence-corrected chi connectivity index (χ2v) is 8.31. The van der Waals surface area contributed by atoms with Crippen molar-refractivity contribution in [3.8, 4) is 16.3 Å². The third-order valence-corrected chi connectivity index (χ3v) is 6.08. The van der Waals surface area contributed by atoms with Gasteiger partial charge in [-0.15, -0.1) is 11.3 Å². The Morgan fingerprint density at radius 3 is 2.72 bits per heavy atom. The third kappa shape index (κ3) is 4.55. The third-order valence-electron chi connectivity index (χ3n) is 5.14. The molecule has 0 unspecified atom stereocenters. The van der Waals surface area contributed by atoms with E-state index in [0.717, 1.165) is 21.9 Å². The molecule has 164 valence electrons. The number of carbonyl (C=O) groups excluding carboxylic acids is 3. The molecule has 0 atom stereocenters. The van der Waals surface area contributed by atoms with E-state index in [1.54, 1.807) is 19.2 Å². The van der Waals surface area contributed by atoms with Crippen LogP contribution in [0, 0.1) is 6.92 Å². The van der Waals surface area contributed by atoms with Gasteiger partial charge in [-0.3, -0.25) is 19.3 Å². The minimum absolute atomic E-state index is 0.0750. The quantitative estimate of drug-likeness (QED) is 0.377. The van der Waals surface area contributed by atoms with E-state index in [1.807, 2.05) is 42.6 Å². The number of benzene rings is 2. The number of aromatic nitrogens is 1. The molecule has 1 aliphatic rings. The van der Waals surface area contributed by atoms with Crippen LogP contribution in [0.4, 0.5) is 0 Å². The smallest absolute Gasteiger partial charge is 0.306 e. The molecule has 0 saturated heterocycles. The number of amides is 2. The minimum Gasteiger partial charge on any atom is -0.497 e. The van der Waals surface area contributed by atoms with Crippen LogP contribution in [0.15, 0.2) is 47.8 Å². The molecule has 32 heavy (non-hydrogen) atoms. The summed E-state index contributed by atoms with van der Waals surface area (Å²) in [6.45, 7) is 2.13. The van der Waals surface area contributed by atoms with Gasteiger partial charge in [0.15, 0.2) is 0 Å². The molecule has 1 aromatic heterocycles. The summed E-state index contributed by atoms with van der Waals surface area (Å²) in [6.07, 6.45) is 0.453. The van der Waals surface area contributed by atoms with Crippen LogP contribution in [-0.2, 0) is 16.1 Å². The summed E-state index contributed by atoms with van der Waals surface area (Å²) < 4.78 is 10.5. The minimum atomic E-state index is -0.395. The molecule has 0 fully saturated rings. The van der Waals surface area contributed by atoms with Gasteiger partial charge in [0, 0.05) is 23.9 Å². The molecule has 0 saturated carbocycles. The van der Waals surface area contributed by atoms with Crippen molar-refractivity contribution in [2.45, 2.75) is 26.4 Å². The summed E-state index contributed by atoms with van der Waals surface area (Å²) in [6, 6.07) is 12.8. The topological polar surface area (TPSA) is 85.8 Å². The zero-order valence-corrected chi connectivity index (χ0v) is 18.6. The van der Waals surface area contributed by atoms with Crippen LogP contribution in [0.2, 0.25) is 0 Å². The number of rotatable bonds is 8. The van der Waals surface area contributed by atoms with Crippen LogP contribution < -0.4 is 4.74 Å². The van der Waals surface area contributed by atoms with Crippen molar-refractivity contribution in [2.24, 2.45) is 0 Å². The van der Waals surface area contributed by atoms with E-state index in [9.17, 15) is 14.4 Å². The van der Waals surface area contributed by atoms with Crippen molar-refractivity contribution in [1.82, 2.24) is 9.88 Å². The Labute approximate surface area is 189 Å². The summed E-state index contributed by atoms with van der Waals surface area (Å²) in [7, 11) is 1.61. The lowest BCUT2D eigenvalue weighted by Crippen LogP contribution is -2.31. The number of fused-ring (bicyclic) bond motifs is 1. The number of carbonyl (C=O) groups is 3. The molecule has 2 aromatic carbocycles. The summed E-state index contributed by atoms with van der Waals surface area (Å²) in [5, 5.41) is 2.67. The van der Waals surface area contributed by atoms with Crippen molar-refractivity contribution >= 4 is 29.1 Å². The molecule has 1 aliphatic heterocycles. The zero-order valence-electron chi connectivity index (χ0n) is 17.8. The van der Waals surface area contributed by atoms with E-state index >= 15 is 0 Å². The van der Waals surface area contributed by atoms with Gasteiger partial charge in [-0.1, -0.05) is 23.8 Å². The summed E-state index contributed by atoms with van der Waals surface area (Å²) >= 11 is 1.46. The highest BCUT2D eigenvalue weighted by Gasteiger charge is 2.35. The molecule has 7 nitrogen and oxygen atoms in total. The molecule has 0 bridgehead atoms. The van der Waals surface area contributed by atoms with Crippen molar-refractivity contribution in [3.05, 3.63) is 70.2 Å². The Morgan fingerprint density at radius 1 is 1.09 bits per heavy atom. The van der Waals surface area contributed by atoms with Gasteiger partial charge in [0.25, 0.3) is 11.8 Å². The highest BCUT2D eigenvalue weighted by molar-refractivity contribution is 7.13. The van der Waals surface area contributed by atoms with Crippen molar-refractivity contribution < 1.29 is 23.9 Å². The van der Waals surface area contributed by atoms with Crippen molar-refractivity contribution in [3.63, 3.8) is 0 Å². The van der Waals surface area contributed by atoms with Crippen LogP contribution in [0.25, 0.3) is 10.6 Å². The molecule has 2 amide bonds. The van der Waals surface area contributed by atoms with Gasteiger partial charge in [-0.05, 0) is 37.6 Å². The predicted octanol–water partition coefficient (Wildman–Crippen LogP) is 4.25. The zero-order chi connectivity index (χ0) is 22.7.